The smallest absolute Gasteiger partial charge is 0.257 e. The fraction of sp³-hybridized carbons (Fsp3) is 0.444. The van der Waals surface area contributed by atoms with Crippen molar-refractivity contribution in [3.63, 3.8) is 0 Å². The third-order valence-electron chi connectivity index (χ3n) is 2.21. The van der Waals surface area contributed by atoms with E-state index in [2.05, 4.69) is 15.1 Å². The minimum Gasteiger partial charge on any atom is -0.481 e. The van der Waals surface area contributed by atoms with E-state index < -0.39 is 0 Å². The molecule has 80 valence electrons. The van der Waals surface area contributed by atoms with Gasteiger partial charge in [0.05, 0.1) is 12.7 Å². The summed E-state index contributed by atoms with van der Waals surface area (Å²) in [6.45, 7) is 1.95. The van der Waals surface area contributed by atoms with Crippen LogP contribution in [0, 0.1) is 6.92 Å². The third kappa shape index (κ3) is 1.38. The van der Waals surface area contributed by atoms with Crippen LogP contribution in [0.15, 0.2) is 6.33 Å². The van der Waals surface area contributed by atoms with Gasteiger partial charge in [0.1, 0.15) is 12.1 Å². The molecule has 0 unspecified atom stereocenters. The van der Waals surface area contributed by atoms with Crippen LogP contribution in [0.4, 0.5) is 5.82 Å². The van der Waals surface area contributed by atoms with Crippen molar-refractivity contribution < 1.29 is 4.74 Å². The second-order valence-electron chi connectivity index (χ2n) is 3.44. The molecule has 6 heteroatoms. The van der Waals surface area contributed by atoms with Crippen LogP contribution in [0.25, 0.3) is 5.78 Å². The maximum atomic E-state index is 5.19. The van der Waals surface area contributed by atoms with Gasteiger partial charge in [-0.3, -0.25) is 0 Å². The Balaban J connectivity index is 2.81. The van der Waals surface area contributed by atoms with E-state index in [-0.39, 0.29) is 0 Å². The van der Waals surface area contributed by atoms with Crippen LogP contribution in [0.2, 0.25) is 0 Å². The maximum Gasteiger partial charge on any atom is 0.257 e. The molecule has 2 aromatic heterocycles. The molecule has 0 spiro atoms. The molecular formula is C9H13N5O. The number of ether oxygens (including phenoxy) is 1. The summed E-state index contributed by atoms with van der Waals surface area (Å²) in [5.41, 5.74) is 0.945. The molecule has 0 aliphatic heterocycles. The first kappa shape index (κ1) is 9.70. The fourth-order valence-electron chi connectivity index (χ4n) is 1.61. The SMILES string of the molecule is COc1nc2ncnn2c(N(C)C)c1C. The summed E-state index contributed by atoms with van der Waals surface area (Å²) >= 11 is 0. The molecule has 0 radical (unpaired) electrons. The molecule has 0 atom stereocenters. The topological polar surface area (TPSA) is 55.6 Å². The average molecular weight is 207 g/mol. The number of nitrogens with zero attached hydrogens (tertiary/aromatic N) is 5. The van der Waals surface area contributed by atoms with E-state index >= 15 is 0 Å². The van der Waals surface area contributed by atoms with Gasteiger partial charge in [0.25, 0.3) is 5.78 Å². The van der Waals surface area contributed by atoms with Crippen LogP contribution >= 0.6 is 0 Å². The zero-order chi connectivity index (χ0) is 11.0. The van der Waals surface area contributed by atoms with E-state index in [0.29, 0.717) is 11.7 Å². The van der Waals surface area contributed by atoms with Crippen LogP contribution in [0.1, 0.15) is 5.56 Å². The van der Waals surface area contributed by atoms with Crippen LogP contribution < -0.4 is 9.64 Å². The van der Waals surface area contributed by atoms with Crippen LogP contribution in [-0.4, -0.2) is 40.8 Å². The Labute approximate surface area is 87.5 Å². The molecule has 0 aliphatic carbocycles. The Bertz CT molecular complexity index is 490. The largest absolute Gasteiger partial charge is 0.481 e. The van der Waals surface area contributed by atoms with E-state index in [0.717, 1.165) is 11.4 Å². The number of hydrogen-bond donors (Lipinski definition) is 0. The molecule has 0 fully saturated rings. The molecule has 0 saturated carbocycles. The summed E-state index contributed by atoms with van der Waals surface area (Å²) in [7, 11) is 5.49. The van der Waals surface area contributed by atoms with Gasteiger partial charge in [-0.05, 0) is 6.92 Å². The van der Waals surface area contributed by atoms with Crippen LogP contribution in [-0.2, 0) is 0 Å². The molecule has 0 amide bonds. The van der Waals surface area contributed by atoms with Gasteiger partial charge in [0, 0.05) is 14.1 Å². The van der Waals surface area contributed by atoms with Crippen molar-refractivity contribution in [3.8, 4) is 5.88 Å². The highest BCUT2D eigenvalue weighted by Crippen LogP contribution is 2.25. The Hall–Kier alpha value is -1.85. The van der Waals surface area contributed by atoms with Gasteiger partial charge >= 0.3 is 0 Å². The Kier molecular flexibility index (Phi) is 2.18. The lowest BCUT2D eigenvalue weighted by Gasteiger charge is -2.17. The number of aromatic nitrogens is 4. The summed E-state index contributed by atoms with van der Waals surface area (Å²) in [6.07, 6.45) is 1.48. The lowest BCUT2D eigenvalue weighted by molar-refractivity contribution is 0.394. The number of rotatable bonds is 2. The Morgan fingerprint density at radius 1 is 1.40 bits per heavy atom. The van der Waals surface area contributed by atoms with Gasteiger partial charge in [0.2, 0.25) is 5.88 Å². The zero-order valence-corrected chi connectivity index (χ0v) is 9.22. The lowest BCUT2D eigenvalue weighted by atomic mass is 10.3. The highest BCUT2D eigenvalue weighted by atomic mass is 16.5. The van der Waals surface area contributed by atoms with Crippen molar-refractivity contribution in [1.82, 2.24) is 19.6 Å². The average Bonchev–Trinajstić information content (AvgIpc) is 2.63. The Morgan fingerprint density at radius 3 is 2.73 bits per heavy atom. The van der Waals surface area contributed by atoms with Crippen molar-refractivity contribution in [2.75, 3.05) is 26.1 Å². The third-order valence-corrected chi connectivity index (χ3v) is 2.21. The van der Waals surface area contributed by atoms with E-state index in [1.165, 1.54) is 6.33 Å². The second kappa shape index (κ2) is 3.38. The van der Waals surface area contributed by atoms with Crippen molar-refractivity contribution in [2.24, 2.45) is 0 Å². The monoisotopic (exact) mass is 207 g/mol. The number of hydrogen-bond acceptors (Lipinski definition) is 5. The molecule has 0 bridgehead atoms. The lowest BCUT2D eigenvalue weighted by Crippen LogP contribution is -2.16. The van der Waals surface area contributed by atoms with Crippen molar-refractivity contribution >= 4 is 11.6 Å². The number of fused-ring (bicyclic) bond motifs is 1. The molecule has 0 aromatic carbocycles. The molecule has 6 nitrogen and oxygen atoms in total. The molecule has 2 aromatic rings. The highest BCUT2D eigenvalue weighted by molar-refractivity contribution is 5.55. The highest BCUT2D eigenvalue weighted by Gasteiger charge is 2.14. The van der Waals surface area contributed by atoms with Crippen molar-refractivity contribution in [1.29, 1.82) is 0 Å². The van der Waals surface area contributed by atoms with Gasteiger partial charge in [-0.1, -0.05) is 0 Å². The molecule has 2 rings (SSSR count). The standard InChI is InChI=1S/C9H13N5O/c1-6-7(15-4)12-9-10-5-11-14(9)8(6)13(2)3/h5H,1-4H3. The van der Waals surface area contributed by atoms with E-state index in [1.54, 1.807) is 11.6 Å². The molecular weight excluding hydrogens is 194 g/mol. The molecule has 2 heterocycles. The minimum absolute atomic E-state index is 0.543. The van der Waals surface area contributed by atoms with Crippen LogP contribution in [0.5, 0.6) is 5.88 Å². The van der Waals surface area contributed by atoms with E-state index in [4.69, 9.17) is 4.74 Å². The summed E-state index contributed by atoms with van der Waals surface area (Å²) in [6, 6.07) is 0. The van der Waals surface area contributed by atoms with E-state index in [9.17, 15) is 0 Å². The van der Waals surface area contributed by atoms with Gasteiger partial charge in [-0.25, -0.2) is 0 Å². The molecule has 0 saturated heterocycles. The first-order chi connectivity index (χ1) is 7.15. The van der Waals surface area contributed by atoms with Gasteiger partial charge < -0.3 is 9.64 Å². The first-order valence-electron chi connectivity index (χ1n) is 4.56. The predicted octanol–water partition coefficient (Wildman–Crippen LogP) is 0.507. The van der Waals surface area contributed by atoms with Gasteiger partial charge in [-0.2, -0.15) is 19.6 Å². The van der Waals surface area contributed by atoms with Crippen LogP contribution in [0.3, 0.4) is 0 Å². The predicted molar refractivity (Wildman–Crippen MR) is 56.4 cm³/mol. The fourth-order valence-corrected chi connectivity index (χ4v) is 1.61. The molecule has 0 aliphatic rings. The summed E-state index contributed by atoms with van der Waals surface area (Å²) in [5, 5.41) is 4.12. The summed E-state index contributed by atoms with van der Waals surface area (Å²) in [5.74, 6) is 2.05. The van der Waals surface area contributed by atoms with Gasteiger partial charge in [-0.15, -0.1) is 0 Å². The van der Waals surface area contributed by atoms with Gasteiger partial charge in [0.15, 0.2) is 0 Å². The zero-order valence-electron chi connectivity index (χ0n) is 9.22. The quantitative estimate of drug-likeness (QED) is 0.718. The number of methoxy groups -OCH3 is 1. The summed E-state index contributed by atoms with van der Waals surface area (Å²) in [4.78, 5) is 10.2. The molecule has 15 heavy (non-hydrogen) atoms. The maximum absolute atomic E-state index is 5.19. The molecule has 0 N–H and O–H groups in total. The number of anilines is 1. The minimum atomic E-state index is 0.543. The van der Waals surface area contributed by atoms with Crippen molar-refractivity contribution in [2.45, 2.75) is 6.92 Å². The second-order valence-corrected chi connectivity index (χ2v) is 3.44. The van der Waals surface area contributed by atoms with E-state index in [1.807, 2.05) is 25.9 Å². The Morgan fingerprint density at radius 2 is 2.13 bits per heavy atom. The normalized spacial score (nSPS) is 10.7. The van der Waals surface area contributed by atoms with Crippen molar-refractivity contribution in [3.05, 3.63) is 11.9 Å². The first-order valence-corrected chi connectivity index (χ1v) is 4.56. The summed E-state index contributed by atoms with van der Waals surface area (Å²) < 4.78 is 6.89.